The second-order valence-electron chi connectivity index (χ2n) is 5.71. The van der Waals surface area contributed by atoms with Crippen molar-refractivity contribution >= 4 is 21.6 Å². The van der Waals surface area contributed by atoms with Crippen LogP contribution in [0.5, 0.6) is 0 Å². The lowest BCUT2D eigenvalue weighted by Crippen LogP contribution is -2.25. The molecule has 6 heteroatoms. The van der Waals surface area contributed by atoms with E-state index in [1.165, 1.54) is 12.1 Å². The fourth-order valence-electron chi connectivity index (χ4n) is 2.27. The number of rotatable bonds is 6. The van der Waals surface area contributed by atoms with Gasteiger partial charge in [-0.1, -0.05) is 25.1 Å². The molecule has 0 spiro atoms. The normalized spacial score (nSPS) is 11.1. The van der Waals surface area contributed by atoms with Gasteiger partial charge in [-0.15, -0.1) is 0 Å². The van der Waals surface area contributed by atoms with Crippen molar-refractivity contribution in [2.45, 2.75) is 32.1 Å². The number of sulfonamides is 1. The first-order valence-electron chi connectivity index (χ1n) is 7.82. The number of nitrogens with one attached hydrogen (secondary N) is 2. The maximum atomic E-state index is 12.6. The van der Waals surface area contributed by atoms with E-state index in [1.54, 1.807) is 31.2 Å². The molecule has 0 fully saturated rings. The molecule has 0 saturated heterocycles. The van der Waals surface area contributed by atoms with Crippen molar-refractivity contribution < 1.29 is 13.2 Å². The first kappa shape index (κ1) is 18.0. The molecule has 0 unspecified atom stereocenters. The zero-order valence-electron chi connectivity index (χ0n) is 14.1. The zero-order chi connectivity index (χ0) is 17.7. The van der Waals surface area contributed by atoms with Gasteiger partial charge in [0.05, 0.1) is 4.90 Å². The molecule has 1 amide bonds. The fraction of sp³-hybridized carbons (Fsp3) is 0.278. The van der Waals surface area contributed by atoms with Crippen molar-refractivity contribution in [2.24, 2.45) is 0 Å². The van der Waals surface area contributed by atoms with Gasteiger partial charge in [0.2, 0.25) is 0 Å². The molecule has 2 rings (SSSR count). The molecule has 0 aliphatic carbocycles. The van der Waals surface area contributed by atoms with Crippen LogP contribution in [0.25, 0.3) is 0 Å². The van der Waals surface area contributed by atoms with E-state index in [0.29, 0.717) is 17.8 Å². The average Bonchev–Trinajstić information content (AvgIpc) is 2.52. The standard InChI is InChI=1S/C18H22N2O3S/c1-4-10-19-18(21)17-12-16(9-8-14(17)3)24(22,23)20-15-7-5-6-13(2)11-15/h5-9,11-12,20H,4,10H2,1-3H3,(H,19,21). The topological polar surface area (TPSA) is 75.3 Å². The van der Waals surface area contributed by atoms with Crippen molar-refractivity contribution in [3.63, 3.8) is 0 Å². The smallest absolute Gasteiger partial charge is 0.261 e. The van der Waals surface area contributed by atoms with Crippen LogP contribution in [0.4, 0.5) is 5.69 Å². The van der Waals surface area contributed by atoms with Gasteiger partial charge in [-0.3, -0.25) is 9.52 Å². The van der Waals surface area contributed by atoms with Crippen LogP contribution in [-0.4, -0.2) is 20.9 Å². The van der Waals surface area contributed by atoms with Crippen LogP contribution in [0.2, 0.25) is 0 Å². The largest absolute Gasteiger partial charge is 0.352 e. The third-order valence-electron chi connectivity index (χ3n) is 3.57. The van der Waals surface area contributed by atoms with E-state index < -0.39 is 10.0 Å². The number of carbonyl (C=O) groups excluding carboxylic acids is 1. The third-order valence-corrected chi connectivity index (χ3v) is 4.95. The number of carbonyl (C=O) groups is 1. The average molecular weight is 346 g/mol. The first-order chi connectivity index (χ1) is 11.3. The second kappa shape index (κ2) is 7.49. The van der Waals surface area contributed by atoms with Crippen LogP contribution >= 0.6 is 0 Å². The molecule has 0 aliphatic rings. The van der Waals surface area contributed by atoms with Crippen LogP contribution in [0.3, 0.4) is 0 Å². The maximum Gasteiger partial charge on any atom is 0.261 e. The van der Waals surface area contributed by atoms with Crippen LogP contribution < -0.4 is 10.0 Å². The third kappa shape index (κ3) is 4.35. The minimum Gasteiger partial charge on any atom is -0.352 e. The summed E-state index contributed by atoms with van der Waals surface area (Å²) < 4.78 is 27.7. The molecule has 0 heterocycles. The number of hydrogen-bond donors (Lipinski definition) is 2. The summed E-state index contributed by atoms with van der Waals surface area (Å²) in [6.45, 7) is 6.18. The Morgan fingerprint density at radius 1 is 1.08 bits per heavy atom. The van der Waals surface area contributed by atoms with E-state index in [0.717, 1.165) is 17.5 Å². The minimum atomic E-state index is -3.75. The molecular formula is C18H22N2O3S. The lowest BCUT2D eigenvalue weighted by molar-refractivity contribution is 0.0953. The second-order valence-corrected chi connectivity index (χ2v) is 7.39. The summed E-state index contributed by atoms with van der Waals surface area (Å²) in [5, 5.41) is 2.77. The predicted molar refractivity (Wildman–Crippen MR) is 95.8 cm³/mol. The molecule has 2 aromatic rings. The van der Waals surface area contributed by atoms with Crippen molar-refractivity contribution in [3.8, 4) is 0 Å². The maximum absolute atomic E-state index is 12.6. The summed E-state index contributed by atoms with van der Waals surface area (Å²) in [5.41, 5.74) is 2.56. The van der Waals surface area contributed by atoms with Gasteiger partial charge in [0.1, 0.15) is 0 Å². The molecule has 2 N–H and O–H groups in total. The summed E-state index contributed by atoms with van der Waals surface area (Å²) >= 11 is 0. The molecule has 0 atom stereocenters. The first-order valence-corrected chi connectivity index (χ1v) is 9.30. The molecule has 0 radical (unpaired) electrons. The van der Waals surface area contributed by atoms with Gasteiger partial charge in [0, 0.05) is 17.8 Å². The highest BCUT2D eigenvalue weighted by Gasteiger charge is 2.18. The predicted octanol–water partition coefficient (Wildman–Crippen LogP) is 3.24. The Balaban J connectivity index is 2.32. The SMILES string of the molecule is CCCNC(=O)c1cc(S(=O)(=O)Nc2cccc(C)c2)ccc1C. The molecule has 0 aromatic heterocycles. The van der Waals surface area contributed by atoms with Gasteiger partial charge >= 0.3 is 0 Å². The number of amides is 1. The lowest BCUT2D eigenvalue weighted by atomic mass is 10.1. The molecule has 0 aliphatic heterocycles. The number of benzene rings is 2. The van der Waals surface area contributed by atoms with Crippen molar-refractivity contribution in [1.82, 2.24) is 5.32 Å². The van der Waals surface area contributed by atoms with E-state index in [-0.39, 0.29) is 10.8 Å². The highest BCUT2D eigenvalue weighted by Crippen LogP contribution is 2.20. The highest BCUT2D eigenvalue weighted by molar-refractivity contribution is 7.92. The molecule has 5 nitrogen and oxygen atoms in total. The van der Waals surface area contributed by atoms with Crippen LogP contribution in [0, 0.1) is 13.8 Å². The Bertz CT molecular complexity index is 845. The van der Waals surface area contributed by atoms with Gasteiger partial charge in [-0.05, 0) is 55.7 Å². The Morgan fingerprint density at radius 3 is 2.50 bits per heavy atom. The number of hydrogen-bond acceptors (Lipinski definition) is 3. The van der Waals surface area contributed by atoms with Gasteiger partial charge in [0.25, 0.3) is 15.9 Å². The van der Waals surface area contributed by atoms with Gasteiger partial charge < -0.3 is 5.32 Å². The Hall–Kier alpha value is -2.34. The quantitative estimate of drug-likeness (QED) is 0.843. The summed E-state index contributed by atoms with van der Waals surface area (Å²) in [4.78, 5) is 12.2. The fourth-order valence-corrected chi connectivity index (χ4v) is 3.34. The van der Waals surface area contributed by atoms with Gasteiger partial charge in [0.15, 0.2) is 0 Å². The lowest BCUT2D eigenvalue weighted by Gasteiger charge is -2.12. The molecule has 128 valence electrons. The van der Waals surface area contributed by atoms with E-state index in [4.69, 9.17) is 0 Å². The summed E-state index contributed by atoms with van der Waals surface area (Å²) in [6, 6.07) is 11.7. The van der Waals surface area contributed by atoms with E-state index in [9.17, 15) is 13.2 Å². The van der Waals surface area contributed by atoms with Crippen molar-refractivity contribution in [1.29, 1.82) is 0 Å². The van der Waals surface area contributed by atoms with Crippen molar-refractivity contribution in [3.05, 3.63) is 59.2 Å². The van der Waals surface area contributed by atoms with Crippen LogP contribution in [-0.2, 0) is 10.0 Å². The molecule has 0 saturated carbocycles. The molecule has 0 bridgehead atoms. The molecular weight excluding hydrogens is 324 g/mol. The van der Waals surface area contributed by atoms with Crippen LogP contribution in [0.15, 0.2) is 47.4 Å². The van der Waals surface area contributed by atoms with Crippen molar-refractivity contribution in [2.75, 3.05) is 11.3 Å². The molecule has 2 aromatic carbocycles. The highest BCUT2D eigenvalue weighted by atomic mass is 32.2. The summed E-state index contributed by atoms with van der Waals surface area (Å²) in [6.07, 6.45) is 0.817. The van der Waals surface area contributed by atoms with Crippen LogP contribution in [0.1, 0.15) is 34.8 Å². The minimum absolute atomic E-state index is 0.0660. The number of aryl methyl sites for hydroxylation is 2. The zero-order valence-corrected chi connectivity index (χ0v) is 14.9. The van der Waals surface area contributed by atoms with E-state index in [2.05, 4.69) is 10.0 Å². The number of anilines is 1. The van der Waals surface area contributed by atoms with E-state index >= 15 is 0 Å². The molecule has 24 heavy (non-hydrogen) atoms. The monoisotopic (exact) mass is 346 g/mol. The Kier molecular flexibility index (Phi) is 5.62. The Labute approximate surface area is 143 Å². The van der Waals surface area contributed by atoms with Gasteiger partial charge in [-0.2, -0.15) is 0 Å². The summed E-state index contributed by atoms with van der Waals surface area (Å²) in [7, 11) is -3.75. The van der Waals surface area contributed by atoms with Gasteiger partial charge in [-0.25, -0.2) is 8.42 Å². The Morgan fingerprint density at radius 2 is 1.83 bits per heavy atom. The van der Waals surface area contributed by atoms with E-state index in [1.807, 2.05) is 19.9 Å². The summed E-state index contributed by atoms with van der Waals surface area (Å²) in [5.74, 6) is -0.262.